The first kappa shape index (κ1) is 15.9. The number of rotatable bonds is 10. The molecule has 0 aliphatic heterocycles. The third kappa shape index (κ3) is 5.14. The van der Waals surface area contributed by atoms with Crippen molar-refractivity contribution in [2.24, 2.45) is 5.92 Å². The molecule has 0 atom stereocenters. The molecule has 0 radical (unpaired) electrons. The molecule has 20 heavy (non-hydrogen) atoms. The maximum atomic E-state index is 12.1. The van der Waals surface area contributed by atoms with Gasteiger partial charge in [-0.3, -0.25) is 0 Å². The lowest BCUT2D eigenvalue weighted by Gasteiger charge is -2.05. The molecule has 2 rings (SSSR count). The molecule has 0 bridgehead atoms. The van der Waals surface area contributed by atoms with Crippen LogP contribution in [0.1, 0.15) is 24.6 Å². The number of thiophene rings is 1. The first-order valence-corrected chi connectivity index (χ1v) is 9.28. The van der Waals surface area contributed by atoms with Crippen LogP contribution in [-0.4, -0.2) is 34.7 Å². The van der Waals surface area contributed by atoms with Gasteiger partial charge in [0.25, 0.3) is 0 Å². The molecule has 0 amide bonds. The number of ether oxygens (including phenoxy) is 1. The highest BCUT2D eigenvalue weighted by molar-refractivity contribution is 7.91. The van der Waals surface area contributed by atoms with Crippen molar-refractivity contribution in [1.29, 1.82) is 0 Å². The van der Waals surface area contributed by atoms with Crippen molar-refractivity contribution in [2.75, 3.05) is 26.3 Å². The first-order valence-electron chi connectivity index (χ1n) is 6.98. The number of nitrogens with one attached hydrogen (secondary N) is 2. The number of hydrogen-bond donors (Lipinski definition) is 2. The first-order chi connectivity index (χ1) is 9.62. The summed E-state index contributed by atoms with van der Waals surface area (Å²) in [4.78, 5) is 1.03. The van der Waals surface area contributed by atoms with E-state index in [4.69, 9.17) is 4.74 Å². The standard InChI is InChI=1S/C13H22N2O3S2/c1-2-14-9-12-5-6-13(19-12)20(16,17)15-7-8-18-10-11-3-4-11/h5-6,11,14-15H,2-4,7-10H2,1H3. The summed E-state index contributed by atoms with van der Waals surface area (Å²) in [5.74, 6) is 0.706. The lowest BCUT2D eigenvalue weighted by atomic mass is 10.4. The Bertz CT molecular complexity index is 509. The zero-order valence-electron chi connectivity index (χ0n) is 11.7. The van der Waals surface area contributed by atoms with Crippen molar-refractivity contribution in [3.05, 3.63) is 17.0 Å². The topological polar surface area (TPSA) is 67.4 Å². The summed E-state index contributed by atoms with van der Waals surface area (Å²) in [6.45, 7) is 5.13. The Morgan fingerprint density at radius 1 is 1.40 bits per heavy atom. The van der Waals surface area contributed by atoms with Crippen molar-refractivity contribution in [1.82, 2.24) is 10.0 Å². The minimum Gasteiger partial charge on any atom is -0.380 e. The van der Waals surface area contributed by atoms with Crippen LogP contribution in [0.5, 0.6) is 0 Å². The van der Waals surface area contributed by atoms with Gasteiger partial charge in [-0.1, -0.05) is 6.92 Å². The quantitative estimate of drug-likeness (QED) is 0.643. The average molecular weight is 318 g/mol. The predicted molar refractivity (Wildman–Crippen MR) is 80.4 cm³/mol. The van der Waals surface area contributed by atoms with Crippen LogP contribution in [0, 0.1) is 5.92 Å². The van der Waals surface area contributed by atoms with Crippen LogP contribution in [0.25, 0.3) is 0 Å². The molecule has 0 saturated heterocycles. The molecule has 0 unspecified atom stereocenters. The van der Waals surface area contributed by atoms with Crippen LogP contribution in [0.4, 0.5) is 0 Å². The minimum atomic E-state index is -3.39. The Hall–Kier alpha value is -0.470. The van der Waals surface area contributed by atoms with E-state index in [-0.39, 0.29) is 0 Å². The van der Waals surface area contributed by atoms with Gasteiger partial charge in [0.15, 0.2) is 0 Å². The fraction of sp³-hybridized carbons (Fsp3) is 0.692. The summed E-state index contributed by atoms with van der Waals surface area (Å²) in [5.41, 5.74) is 0. The number of hydrogen-bond acceptors (Lipinski definition) is 5. The Morgan fingerprint density at radius 3 is 2.90 bits per heavy atom. The molecule has 0 aromatic carbocycles. The van der Waals surface area contributed by atoms with E-state index >= 15 is 0 Å². The number of sulfonamides is 1. The summed E-state index contributed by atoms with van der Waals surface area (Å²) in [5, 5.41) is 3.18. The normalized spacial score (nSPS) is 15.7. The van der Waals surface area contributed by atoms with Crippen molar-refractivity contribution < 1.29 is 13.2 Å². The highest BCUT2D eigenvalue weighted by atomic mass is 32.2. The average Bonchev–Trinajstić information content (AvgIpc) is 3.11. The van der Waals surface area contributed by atoms with E-state index in [0.717, 1.165) is 18.0 Å². The fourth-order valence-corrected chi connectivity index (χ4v) is 4.08. The molecule has 0 spiro atoms. The summed E-state index contributed by atoms with van der Waals surface area (Å²) in [6.07, 6.45) is 2.49. The van der Waals surface area contributed by atoms with Crippen molar-refractivity contribution >= 4 is 21.4 Å². The van der Waals surface area contributed by atoms with Gasteiger partial charge in [0.05, 0.1) is 6.61 Å². The molecular formula is C13H22N2O3S2. The molecule has 1 saturated carbocycles. The molecule has 1 aromatic rings. The van der Waals surface area contributed by atoms with Gasteiger partial charge in [-0.25, -0.2) is 13.1 Å². The predicted octanol–water partition coefficient (Wildman–Crippen LogP) is 1.56. The van der Waals surface area contributed by atoms with Gasteiger partial charge < -0.3 is 10.1 Å². The Morgan fingerprint density at radius 2 is 2.20 bits per heavy atom. The van der Waals surface area contributed by atoms with E-state index in [9.17, 15) is 8.42 Å². The zero-order chi connectivity index (χ0) is 14.4. The Balaban J connectivity index is 1.74. The van der Waals surface area contributed by atoms with Crippen LogP contribution < -0.4 is 10.0 Å². The second-order valence-electron chi connectivity index (χ2n) is 4.92. The zero-order valence-corrected chi connectivity index (χ0v) is 13.4. The van der Waals surface area contributed by atoms with Crippen LogP contribution in [0.2, 0.25) is 0 Å². The van der Waals surface area contributed by atoms with Gasteiger partial charge in [-0.05, 0) is 37.4 Å². The van der Waals surface area contributed by atoms with Crippen LogP contribution in [-0.2, 0) is 21.3 Å². The SMILES string of the molecule is CCNCc1ccc(S(=O)(=O)NCCOCC2CC2)s1. The van der Waals surface area contributed by atoms with Gasteiger partial charge >= 0.3 is 0 Å². The molecule has 7 heteroatoms. The summed E-state index contributed by atoms with van der Waals surface area (Å²) < 4.78 is 32.5. The van der Waals surface area contributed by atoms with Crippen molar-refractivity contribution in [3.63, 3.8) is 0 Å². The molecule has 1 fully saturated rings. The molecule has 1 heterocycles. The maximum Gasteiger partial charge on any atom is 0.250 e. The molecule has 1 aliphatic carbocycles. The van der Waals surface area contributed by atoms with E-state index in [1.807, 2.05) is 13.0 Å². The highest BCUT2D eigenvalue weighted by Gasteiger charge is 2.21. The molecule has 1 aliphatic rings. The lowest BCUT2D eigenvalue weighted by Crippen LogP contribution is -2.27. The second kappa shape index (κ2) is 7.51. The molecule has 5 nitrogen and oxygen atoms in total. The van der Waals surface area contributed by atoms with Crippen LogP contribution in [0.15, 0.2) is 16.3 Å². The molecule has 114 valence electrons. The second-order valence-corrected chi connectivity index (χ2v) is 8.08. The Labute approximate surface area is 124 Å². The van der Waals surface area contributed by atoms with Gasteiger partial charge in [0, 0.05) is 24.6 Å². The fourth-order valence-electron chi connectivity index (χ4n) is 1.70. The van der Waals surface area contributed by atoms with E-state index < -0.39 is 10.0 Å². The van der Waals surface area contributed by atoms with Gasteiger partial charge in [-0.15, -0.1) is 11.3 Å². The van der Waals surface area contributed by atoms with Crippen molar-refractivity contribution in [3.8, 4) is 0 Å². The largest absolute Gasteiger partial charge is 0.380 e. The monoisotopic (exact) mass is 318 g/mol. The van der Waals surface area contributed by atoms with E-state index in [0.29, 0.717) is 29.8 Å². The van der Waals surface area contributed by atoms with E-state index in [1.54, 1.807) is 6.07 Å². The van der Waals surface area contributed by atoms with Gasteiger partial charge in [0.2, 0.25) is 10.0 Å². The van der Waals surface area contributed by atoms with Gasteiger partial charge in [0.1, 0.15) is 4.21 Å². The Kier molecular flexibility index (Phi) is 5.98. The lowest BCUT2D eigenvalue weighted by molar-refractivity contribution is 0.129. The molecule has 2 N–H and O–H groups in total. The maximum absolute atomic E-state index is 12.1. The third-order valence-corrected chi connectivity index (χ3v) is 6.08. The van der Waals surface area contributed by atoms with Gasteiger partial charge in [-0.2, -0.15) is 0 Å². The van der Waals surface area contributed by atoms with Crippen molar-refractivity contribution in [2.45, 2.75) is 30.5 Å². The summed E-state index contributed by atoms with van der Waals surface area (Å²) in [6, 6.07) is 3.51. The van der Waals surface area contributed by atoms with E-state index in [1.165, 1.54) is 24.2 Å². The third-order valence-electron chi connectivity index (χ3n) is 3.04. The minimum absolute atomic E-state index is 0.329. The smallest absolute Gasteiger partial charge is 0.250 e. The van der Waals surface area contributed by atoms with Crippen LogP contribution in [0.3, 0.4) is 0 Å². The van der Waals surface area contributed by atoms with E-state index in [2.05, 4.69) is 10.0 Å². The highest BCUT2D eigenvalue weighted by Crippen LogP contribution is 2.28. The molecular weight excluding hydrogens is 296 g/mol. The van der Waals surface area contributed by atoms with Crippen LogP contribution >= 0.6 is 11.3 Å². The summed E-state index contributed by atoms with van der Waals surface area (Å²) in [7, 11) is -3.39. The summed E-state index contributed by atoms with van der Waals surface area (Å²) >= 11 is 1.30. The molecule has 1 aromatic heterocycles.